The molecular weight excluding hydrogens is 194 g/mol. The number of hydrogen-bond acceptors (Lipinski definition) is 4. The molecular formula is C10H19N3O2. The molecule has 0 bridgehead atoms. The Morgan fingerprint density at radius 1 is 1.47 bits per heavy atom. The largest absolute Gasteiger partial charge is 0.388 e. The highest BCUT2D eigenvalue weighted by molar-refractivity contribution is 4.80. The second-order valence-corrected chi connectivity index (χ2v) is 3.85. The van der Waals surface area contributed by atoms with E-state index in [1.54, 1.807) is 4.68 Å². The van der Waals surface area contributed by atoms with Gasteiger partial charge in [-0.3, -0.25) is 0 Å². The zero-order valence-corrected chi connectivity index (χ0v) is 9.39. The molecule has 0 atom stereocenters. The molecule has 0 aliphatic carbocycles. The summed E-state index contributed by atoms with van der Waals surface area (Å²) in [4.78, 5) is 3.91. The summed E-state index contributed by atoms with van der Waals surface area (Å²) in [6, 6.07) is 0. The molecule has 0 aromatic carbocycles. The average molecular weight is 213 g/mol. The number of nitrogens with zero attached hydrogens (tertiary/aromatic N) is 3. The van der Waals surface area contributed by atoms with Gasteiger partial charge in [0.1, 0.15) is 12.9 Å². The average Bonchev–Trinajstić information content (AvgIpc) is 2.64. The lowest BCUT2D eigenvalue weighted by molar-refractivity contribution is 0.112. The standard InChI is InChI=1S/C10H19N3O2/c1-9(2)3-5-15-6-4-13-10(7-14)11-8-12-13/h8-9,14H,3-7H2,1-2H3. The van der Waals surface area contributed by atoms with Crippen molar-refractivity contribution in [1.82, 2.24) is 14.8 Å². The van der Waals surface area contributed by atoms with Crippen LogP contribution >= 0.6 is 0 Å². The Labute approximate surface area is 90.1 Å². The summed E-state index contributed by atoms with van der Waals surface area (Å²) in [5.41, 5.74) is 0. The minimum atomic E-state index is -0.0774. The molecule has 1 aromatic rings. The van der Waals surface area contributed by atoms with Crippen LogP contribution in [-0.2, 0) is 17.9 Å². The van der Waals surface area contributed by atoms with Crippen molar-refractivity contribution >= 4 is 0 Å². The molecule has 0 fully saturated rings. The van der Waals surface area contributed by atoms with E-state index in [9.17, 15) is 0 Å². The molecule has 1 aromatic heterocycles. The third-order valence-corrected chi connectivity index (χ3v) is 2.12. The van der Waals surface area contributed by atoms with Crippen LogP contribution in [0.1, 0.15) is 26.1 Å². The number of rotatable bonds is 7. The first-order chi connectivity index (χ1) is 7.24. The molecule has 5 nitrogen and oxygen atoms in total. The maximum atomic E-state index is 8.92. The molecule has 0 amide bonds. The third-order valence-electron chi connectivity index (χ3n) is 2.12. The van der Waals surface area contributed by atoms with Gasteiger partial charge in [-0.05, 0) is 12.3 Å². The van der Waals surface area contributed by atoms with Crippen LogP contribution in [0.2, 0.25) is 0 Å². The van der Waals surface area contributed by atoms with Gasteiger partial charge in [0.05, 0.1) is 13.2 Å². The fourth-order valence-corrected chi connectivity index (χ4v) is 1.17. The van der Waals surface area contributed by atoms with Gasteiger partial charge >= 0.3 is 0 Å². The molecule has 0 aliphatic rings. The Morgan fingerprint density at radius 3 is 2.93 bits per heavy atom. The van der Waals surface area contributed by atoms with Crippen molar-refractivity contribution in [3.05, 3.63) is 12.2 Å². The van der Waals surface area contributed by atoms with E-state index in [-0.39, 0.29) is 6.61 Å². The predicted molar refractivity (Wildman–Crippen MR) is 56.2 cm³/mol. The van der Waals surface area contributed by atoms with Crippen LogP contribution in [0.25, 0.3) is 0 Å². The van der Waals surface area contributed by atoms with Gasteiger partial charge in [-0.25, -0.2) is 9.67 Å². The molecule has 0 radical (unpaired) electrons. The Kier molecular flexibility index (Phi) is 5.28. The van der Waals surface area contributed by atoms with Crippen LogP contribution in [-0.4, -0.2) is 33.1 Å². The smallest absolute Gasteiger partial charge is 0.152 e. The molecule has 0 spiro atoms. The van der Waals surface area contributed by atoms with Crippen LogP contribution in [0.3, 0.4) is 0 Å². The predicted octanol–water partition coefficient (Wildman–Crippen LogP) is 0.833. The fourth-order valence-electron chi connectivity index (χ4n) is 1.17. The van der Waals surface area contributed by atoms with Crippen molar-refractivity contribution in [2.45, 2.75) is 33.4 Å². The fraction of sp³-hybridized carbons (Fsp3) is 0.800. The maximum absolute atomic E-state index is 8.92. The molecule has 1 rings (SSSR count). The highest BCUT2D eigenvalue weighted by atomic mass is 16.5. The molecule has 1 N–H and O–H groups in total. The molecule has 0 aliphatic heterocycles. The maximum Gasteiger partial charge on any atom is 0.152 e. The molecule has 0 saturated carbocycles. The van der Waals surface area contributed by atoms with E-state index in [2.05, 4.69) is 23.9 Å². The highest BCUT2D eigenvalue weighted by Crippen LogP contribution is 1.99. The summed E-state index contributed by atoms with van der Waals surface area (Å²) in [5.74, 6) is 1.26. The summed E-state index contributed by atoms with van der Waals surface area (Å²) in [6.07, 6.45) is 2.52. The van der Waals surface area contributed by atoms with Crippen LogP contribution in [0.5, 0.6) is 0 Å². The van der Waals surface area contributed by atoms with Crippen LogP contribution < -0.4 is 0 Å². The molecule has 86 valence electrons. The number of aliphatic hydroxyl groups is 1. The number of aliphatic hydroxyl groups excluding tert-OH is 1. The first-order valence-corrected chi connectivity index (χ1v) is 5.29. The monoisotopic (exact) mass is 213 g/mol. The summed E-state index contributed by atoms with van der Waals surface area (Å²) in [5, 5.41) is 12.9. The normalized spacial score (nSPS) is 11.2. The molecule has 0 saturated heterocycles. The molecule has 1 heterocycles. The molecule has 15 heavy (non-hydrogen) atoms. The van der Waals surface area contributed by atoms with Gasteiger partial charge in [-0.2, -0.15) is 5.10 Å². The van der Waals surface area contributed by atoms with Crippen molar-refractivity contribution in [3.8, 4) is 0 Å². The lowest BCUT2D eigenvalue weighted by atomic mass is 10.1. The van der Waals surface area contributed by atoms with Gasteiger partial charge in [0.15, 0.2) is 5.82 Å². The molecule has 5 heteroatoms. The van der Waals surface area contributed by atoms with E-state index in [0.29, 0.717) is 24.9 Å². The SMILES string of the molecule is CC(C)CCOCCn1ncnc1CO. The van der Waals surface area contributed by atoms with Crippen LogP contribution in [0.15, 0.2) is 6.33 Å². The molecule has 0 unspecified atom stereocenters. The van der Waals surface area contributed by atoms with E-state index < -0.39 is 0 Å². The van der Waals surface area contributed by atoms with Crippen molar-refractivity contribution in [2.24, 2.45) is 5.92 Å². The Hall–Kier alpha value is -0.940. The topological polar surface area (TPSA) is 60.2 Å². The first kappa shape index (κ1) is 12.1. The minimum absolute atomic E-state index is 0.0774. The Morgan fingerprint density at radius 2 is 2.27 bits per heavy atom. The Bertz CT molecular complexity index is 273. The van der Waals surface area contributed by atoms with Gasteiger partial charge in [-0.15, -0.1) is 0 Å². The minimum Gasteiger partial charge on any atom is -0.388 e. The van der Waals surface area contributed by atoms with Gasteiger partial charge in [-0.1, -0.05) is 13.8 Å². The number of ether oxygens (including phenoxy) is 1. The van der Waals surface area contributed by atoms with Crippen LogP contribution in [0, 0.1) is 5.92 Å². The van der Waals surface area contributed by atoms with Crippen molar-refractivity contribution in [1.29, 1.82) is 0 Å². The van der Waals surface area contributed by atoms with E-state index in [0.717, 1.165) is 13.0 Å². The van der Waals surface area contributed by atoms with E-state index >= 15 is 0 Å². The van der Waals surface area contributed by atoms with Gasteiger partial charge in [0, 0.05) is 6.61 Å². The van der Waals surface area contributed by atoms with E-state index in [4.69, 9.17) is 9.84 Å². The highest BCUT2D eigenvalue weighted by Gasteiger charge is 2.01. The zero-order chi connectivity index (χ0) is 11.1. The van der Waals surface area contributed by atoms with Crippen molar-refractivity contribution < 1.29 is 9.84 Å². The second kappa shape index (κ2) is 6.53. The van der Waals surface area contributed by atoms with Gasteiger partial charge < -0.3 is 9.84 Å². The Balaban J connectivity index is 2.15. The summed E-state index contributed by atoms with van der Waals surface area (Å²) in [6.45, 7) is 6.30. The lowest BCUT2D eigenvalue weighted by Gasteiger charge is -2.07. The van der Waals surface area contributed by atoms with Gasteiger partial charge in [0.2, 0.25) is 0 Å². The van der Waals surface area contributed by atoms with Crippen molar-refractivity contribution in [3.63, 3.8) is 0 Å². The number of aromatic nitrogens is 3. The zero-order valence-electron chi connectivity index (χ0n) is 9.39. The number of hydrogen-bond donors (Lipinski definition) is 1. The third kappa shape index (κ3) is 4.40. The van der Waals surface area contributed by atoms with Gasteiger partial charge in [0.25, 0.3) is 0 Å². The second-order valence-electron chi connectivity index (χ2n) is 3.85. The van der Waals surface area contributed by atoms with Crippen LogP contribution in [0.4, 0.5) is 0 Å². The van der Waals surface area contributed by atoms with Crippen molar-refractivity contribution in [2.75, 3.05) is 13.2 Å². The quantitative estimate of drug-likeness (QED) is 0.682. The summed E-state index contributed by atoms with van der Waals surface area (Å²) < 4.78 is 7.11. The lowest BCUT2D eigenvalue weighted by Crippen LogP contribution is -2.12. The summed E-state index contributed by atoms with van der Waals surface area (Å²) >= 11 is 0. The summed E-state index contributed by atoms with van der Waals surface area (Å²) in [7, 11) is 0. The first-order valence-electron chi connectivity index (χ1n) is 5.29. The van der Waals surface area contributed by atoms with E-state index in [1.807, 2.05) is 0 Å². The van der Waals surface area contributed by atoms with E-state index in [1.165, 1.54) is 6.33 Å².